The van der Waals surface area contributed by atoms with Crippen molar-refractivity contribution in [2.75, 3.05) is 23.0 Å². The Balaban J connectivity index is 2.49. The van der Waals surface area contributed by atoms with E-state index in [1.807, 2.05) is 0 Å². The number of nitrogens with one attached hydrogen (secondary N) is 1. The maximum atomic E-state index is 13.9. The van der Waals surface area contributed by atoms with E-state index in [0.717, 1.165) is 22.7 Å². The number of carbonyl (C=O) groups excluding carboxylic acids is 1. The minimum absolute atomic E-state index is 0.0668. The number of nitrogens with zero attached hydrogens (tertiary/aromatic N) is 1. The van der Waals surface area contributed by atoms with E-state index in [0.29, 0.717) is 6.07 Å². The Bertz CT molecular complexity index is 986. The Labute approximate surface area is 167 Å². The summed E-state index contributed by atoms with van der Waals surface area (Å²) in [6.45, 7) is 1.60. The Hall–Kier alpha value is -2.39. The van der Waals surface area contributed by atoms with Gasteiger partial charge in [-0.2, -0.15) is 0 Å². The Morgan fingerprint density at radius 1 is 1.25 bits per heavy atom. The highest BCUT2D eigenvalue weighted by Crippen LogP contribution is 2.35. The van der Waals surface area contributed by atoms with Crippen molar-refractivity contribution in [3.05, 3.63) is 53.1 Å². The summed E-state index contributed by atoms with van der Waals surface area (Å²) in [5, 5.41) is 2.54. The van der Waals surface area contributed by atoms with Crippen LogP contribution < -0.4 is 14.4 Å². The van der Waals surface area contributed by atoms with Crippen molar-refractivity contribution in [2.45, 2.75) is 19.4 Å². The monoisotopic (exact) mass is 432 g/mol. The first-order chi connectivity index (χ1) is 13.1. The van der Waals surface area contributed by atoms with Crippen LogP contribution in [0, 0.1) is 11.6 Å². The molecule has 0 radical (unpaired) electrons. The Morgan fingerprint density at radius 2 is 1.93 bits per heavy atom. The molecule has 0 saturated heterocycles. The molecule has 0 bridgehead atoms. The van der Waals surface area contributed by atoms with Gasteiger partial charge in [0.1, 0.15) is 23.4 Å². The van der Waals surface area contributed by atoms with E-state index < -0.39 is 33.6 Å². The molecule has 0 saturated carbocycles. The van der Waals surface area contributed by atoms with E-state index in [1.165, 1.54) is 25.3 Å². The fourth-order valence-corrected chi connectivity index (χ4v) is 4.05. The van der Waals surface area contributed by atoms with E-state index in [1.54, 1.807) is 6.92 Å². The van der Waals surface area contributed by atoms with Gasteiger partial charge in [-0.05, 0) is 36.8 Å². The number of sulfonamides is 1. The van der Waals surface area contributed by atoms with Crippen LogP contribution in [0.4, 0.5) is 20.2 Å². The van der Waals surface area contributed by atoms with Gasteiger partial charge in [0, 0.05) is 11.1 Å². The summed E-state index contributed by atoms with van der Waals surface area (Å²) in [6.07, 6.45) is 0.999. The molecular weight excluding hydrogens is 414 g/mol. The van der Waals surface area contributed by atoms with Gasteiger partial charge in [0.15, 0.2) is 0 Å². The molecule has 152 valence electrons. The molecule has 0 aliphatic carbocycles. The van der Waals surface area contributed by atoms with Gasteiger partial charge < -0.3 is 10.1 Å². The number of ether oxygens (including phenoxy) is 1. The van der Waals surface area contributed by atoms with Crippen molar-refractivity contribution >= 4 is 38.9 Å². The Kier molecular flexibility index (Phi) is 6.84. The number of anilines is 2. The average molecular weight is 433 g/mol. The number of benzene rings is 2. The molecule has 0 aliphatic rings. The summed E-state index contributed by atoms with van der Waals surface area (Å²) in [5.41, 5.74) is -0.199. The molecule has 1 atom stereocenters. The summed E-state index contributed by atoms with van der Waals surface area (Å²) in [6, 6.07) is 5.76. The molecular formula is C18H19ClF2N2O4S. The Morgan fingerprint density at radius 3 is 2.46 bits per heavy atom. The fourth-order valence-electron chi connectivity index (χ4n) is 2.68. The van der Waals surface area contributed by atoms with Gasteiger partial charge in [-0.1, -0.05) is 18.5 Å². The molecule has 0 fully saturated rings. The zero-order chi connectivity index (χ0) is 21.1. The molecule has 1 amide bonds. The van der Waals surface area contributed by atoms with Crippen LogP contribution in [0.3, 0.4) is 0 Å². The highest BCUT2D eigenvalue weighted by molar-refractivity contribution is 7.92. The van der Waals surface area contributed by atoms with E-state index in [-0.39, 0.29) is 28.6 Å². The third kappa shape index (κ3) is 4.90. The summed E-state index contributed by atoms with van der Waals surface area (Å²) >= 11 is 6.00. The van der Waals surface area contributed by atoms with Gasteiger partial charge >= 0.3 is 0 Å². The van der Waals surface area contributed by atoms with E-state index in [4.69, 9.17) is 16.3 Å². The van der Waals surface area contributed by atoms with Crippen molar-refractivity contribution in [3.8, 4) is 5.75 Å². The molecule has 28 heavy (non-hydrogen) atoms. The third-order valence-electron chi connectivity index (χ3n) is 3.90. The van der Waals surface area contributed by atoms with Crippen molar-refractivity contribution in [2.24, 2.45) is 0 Å². The number of hydrogen-bond acceptors (Lipinski definition) is 4. The van der Waals surface area contributed by atoms with E-state index in [9.17, 15) is 22.0 Å². The second-order valence-corrected chi connectivity index (χ2v) is 8.21. The lowest BCUT2D eigenvalue weighted by Gasteiger charge is -2.31. The topological polar surface area (TPSA) is 75.7 Å². The summed E-state index contributed by atoms with van der Waals surface area (Å²) < 4.78 is 58.0. The first-order valence-electron chi connectivity index (χ1n) is 8.17. The highest BCUT2D eigenvalue weighted by atomic mass is 35.5. The quantitative estimate of drug-likeness (QED) is 0.721. The van der Waals surface area contributed by atoms with Crippen LogP contribution in [0.5, 0.6) is 5.75 Å². The van der Waals surface area contributed by atoms with Gasteiger partial charge in [0.05, 0.1) is 24.7 Å². The minimum Gasteiger partial charge on any atom is -0.495 e. The lowest BCUT2D eigenvalue weighted by molar-refractivity contribution is -0.117. The predicted molar refractivity (Wildman–Crippen MR) is 104 cm³/mol. The van der Waals surface area contributed by atoms with Crippen LogP contribution in [-0.2, 0) is 14.8 Å². The molecule has 0 aliphatic heterocycles. The standard InChI is InChI=1S/C18H19ClF2N2O4S/c1-4-15(18(24)22-14-7-6-12(20)10-13(14)21)23(28(3,25)26)16-9-11(19)5-8-17(16)27-2/h5-10,15H,4H2,1-3H3,(H,22,24). The zero-order valence-corrected chi connectivity index (χ0v) is 16.9. The molecule has 6 nitrogen and oxygen atoms in total. The predicted octanol–water partition coefficient (Wildman–Crippen LogP) is 3.81. The number of rotatable bonds is 7. The highest BCUT2D eigenvalue weighted by Gasteiger charge is 2.34. The fraction of sp³-hybridized carbons (Fsp3) is 0.278. The minimum atomic E-state index is -3.95. The molecule has 0 heterocycles. The van der Waals surface area contributed by atoms with Crippen molar-refractivity contribution < 1.29 is 26.7 Å². The van der Waals surface area contributed by atoms with Crippen LogP contribution in [0.25, 0.3) is 0 Å². The lowest BCUT2D eigenvalue weighted by atomic mass is 10.1. The third-order valence-corrected chi connectivity index (χ3v) is 5.30. The summed E-state index contributed by atoms with van der Waals surface area (Å²) in [4.78, 5) is 12.8. The second-order valence-electron chi connectivity index (χ2n) is 5.91. The van der Waals surface area contributed by atoms with Gasteiger partial charge in [0.2, 0.25) is 15.9 Å². The average Bonchev–Trinajstić information content (AvgIpc) is 2.60. The maximum absolute atomic E-state index is 13.9. The number of hydrogen-bond donors (Lipinski definition) is 1. The molecule has 1 unspecified atom stereocenters. The number of methoxy groups -OCH3 is 1. The second kappa shape index (κ2) is 8.74. The normalized spacial score (nSPS) is 12.4. The number of halogens is 3. The van der Waals surface area contributed by atoms with E-state index >= 15 is 0 Å². The molecule has 0 spiro atoms. The molecule has 2 aromatic rings. The number of carbonyl (C=O) groups is 1. The largest absolute Gasteiger partial charge is 0.495 e. The van der Waals surface area contributed by atoms with Crippen LogP contribution in [0.2, 0.25) is 5.02 Å². The lowest BCUT2D eigenvalue weighted by Crippen LogP contribution is -2.47. The summed E-state index contributed by atoms with van der Waals surface area (Å²) in [7, 11) is -2.60. The van der Waals surface area contributed by atoms with Crippen LogP contribution in [0.15, 0.2) is 36.4 Å². The smallest absolute Gasteiger partial charge is 0.248 e. The van der Waals surface area contributed by atoms with E-state index in [2.05, 4.69) is 5.32 Å². The molecule has 0 aromatic heterocycles. The van der Waals surface area contributed by atoms with Crippen LogP contribution >= 0.6 is 11.6 Å². The van der Waals surface area contributed by atoms with Gasteiger partial charge in [0.25, 0.3) is 0 Å². The molecule has 2 aromatic carbocycles. The van der Waals surface area contributed by atoms with Crippen molar-refractivity contribution in [1.29, 1.82) is 0 Å². The van der Waals surface area contributed by atoms with Crippen molar-refractivity contribution in [1.82, 2.24) is 0 Å². The van der Waals surface area contributed by atoms with Crippen LogP contribution in [0.1, 0.15) is 13.3 Å². The first kappa shape index (κ1) is 21.9. The zero-order valence-electron chi connectivity index (χ0n) is 15.4. The van der Waals surface area contributed by atoms with Gasteiger partial charge in [-0.15, -0.1) is 0 Å². The molecule has 1 N–H and O–H groups in total. The molecule has 10 heteroatoms. The SMILES string of the molecule is CCC(C(=O)Nc1ccc(F)cc1F)N(c1cc(Cl)ccc1OC)S(C)(=O)=O. The number of amides is 1. The van der Waals surface area contributed by atoms with Crippen molar-refractivity contribution in [3.63, 3.8) is 0 Å². The van der Waals surface area contributed by atoms with Crippen LogP contribution in [-0.4, -0.2) is 33.7 Å². The summed E-state index contributed by atoms with van der Waals surface area (Å²) in [5.74, 6) is -2.38. The van der Waals surface area contributed by atoms with Gasteiger partial charge in [-0.25, -0.2) is 17.2 Å². The first-order valence-corrected chi connectivity index (χ1v) is 10.4. The maximum Gasteiger partial charge on any atom is 0.248 e. The molecule has 2 rings (SSSR count). The van der Waals surface area contributed by atoms with Gasteiger partial charge in [-0.3, -0.25) is 9.10 Å².